The Morgan fingerprint density at radius 1 is 1.22 bits per heavy atom. The smallest absolute Gasteiger partial charge is 0.410 e. The third kappa shape index (κ3) is 3.86. The molecule has 1 spiro atoms. The summed E-state index contributed by atoms with van der Waals surface area (Å²) < 4.78 is 5.38. The van der Waals surface area contributed by atoms with Gasteiger partial charge in [-0.3, -0.25) is 0 Å². The zero-order chi connectivity index (χ0) is 17.3. The number of anilines is 2. The van der Waals surface area contributed by atoms with Crippen molar-refractivity contribution in [2.45, 2.75) is 40.2 Å². The molecule has 6 nitrogen and oxygen atoms in total. The largest absolute Gasteiger partial charge is 0.444 e. The van der Waals surface area contributed by atoms with Crippen LogP contribution in [0.15, 0.2) is 18.3 Å². The average Bonchev–Trinajstić information content (AvgIpc) is 2.38. The maximum atomic E-state index is 11.9. The molecular weight excluding hydrogens is 292 g/mol. The lowest BCUT2D eigenvalue weighted by Gasteiger charge is -2.60. The molecule has 1 aromatic heterocycles. The van der Waals surface area contributed by atoms with Gasteiger partial charge in [0, 0.05) is 31.6 Å². The first-order valence-electron chi connectivity index (χ1n) is 8.21. The number of nitrogens with two attached hydrogens (primary N) is 1. The Morgan fingerprint density at radius 3 is 2.30 bits per heavy atom. The predicted molar refractivity (Wildman–Crippen MR) is 92.5 cm³/mol. The fourth-order valence-electron chi connectivity index (χ4n) is 2.93. The summed E-state index contributed by atoms with van der Waals surface area (Å²) >= 11 is 0. The van der Waals surface area contributed by atoms with Crippen LogP contribution in [-0.4, -0.2) is 47.8 Å². The molecule has 2 saturated heterocycles. The lowest BCUT2D eigenvalue weighted by Crippen LogP contribution is -2.73. The molecule has 3 heterocycles. The highest BCUT2D eigenvalue weighted by molar-refractivity contribution is 5.70. The second-order valence-electron chi connectivity index (χ2n) is 7.14. The van der Waals surface area contributed by atoms with Crippen molar-refractivity contribution in [1.82, 2.24) is 9.88 Å². The standard InChI is InChI=1S/C15H22N4O2.C2H6/c1-14(2,3)21-13(20)19-9-15(10-19)7-18(8-15)12-5-4-11(16)6-17-12;1-2/h4-6H,7-10,16H2,1-3H3;1-2H3. The summed E-state index contributed by atoms with van der Waals surface area (Å²) in [7, 11) is 0. The quantitative estimate of drug-likeness (QED) is 0.861. The Morgan fingerprint density at radius 2 is 1.83 bits per heavy atom. The molecule has 0 bridgehead atoms. The van der Waals surface area contributed by atoms with E-state index in [0.717, 1.165) is 32.0 Å². The number of likely N-dealkylation sites (tertiary alicyclic amines) is 1. The van der Waals surface area contributed by atoms with Crippen molar-refractivity contribution in [1.29, 1.82) is 0 Å². The first-order valence-corrected chi connectivity index (χ1v) is 8.21. The Hall–Kier alpha value is -1.98. The number of pyridine rings is 1. The van der Waals surface area contributed by atoms with Gasteiger partial charge < -0.3 is 20.3 Å². The second-order valence-corrected chi connectivity index (χ2v) is 7.14. The van der Waals surface area contributed by atoms with Crippen LogP contribution >= 0.6 is 0 Å². The van der Waals surface area contributed by atoms with Gasteiger partial charge in [0.15, 0.2) is 0 Å². The molecule has 0 aliphatic carbocycles. The molecule has 23 heavy (non-hydrogen) atoms. The van der Waals surface area contributed by atoms with E-state index >= 15 is 0 Å². The molecule has 2 N–H and O–H groups in total. The van der Waals surface area contributed by atoms with Gasteiger partial charge in [0.05, 0.1) is 11.9 Å². The molecule has 2 fully saturated rings. The van der Waals surface area contributed by atoms with Gasteiger partial charge in [-0.2, -0.15) is 0 Å². The molecule has 0 saturated carbocycles. The Bertz CT molecular complexity index is 537. The van der Waals surface area contributed by atoms with Gasteiger partial charge in [-0.05, 0) is 32.9 Å². The number of aromatic nitrogens is 1. The number of hydrogen-bond acceptors (Lipinski definition) is 5. The summed E-state index contributed by atoms with van der Waals surface area (Å²) in [6.07, 6.45) is 1.46. The predicted octanol–water partition coefficient (Wildman–Crippen LogP) is 2.75. The van der Waals surface area contributed by atoms with E-state index in [1.54, 1.807) is 11.1 Å². The van der Waals surface area contributed by atoms with Crippen molar-refractivity contribution >= 4 is 17.6 Å². The molecule has 2 aliphatic heterocycles. The van der Waals surface area contributed by atoms with Crippen LogP contribution < -0.4 is 10.6 Å². The summed E-state index contributed by atoms with van der Waals surface area (Å²) in [5.74, 6) is 0.950. The van der Waals surface area contributed by atoms with Crippen LogP contribution in [0.1, 0.15) is 34.6 Å². The van der Waals surface area contributed by atoms with Crippen LogP contribution in [0.3, 0.4) is 0 Å². The second kappa shape index (κ2) is 6.26. The minimum Gasteiger partial charge on any atom is -0.444 e. The number of rotatable bonds is 1. The summed E-state index contributed by atoms with van der Waals surface area (Å²) in [6.45, 7) is 13.1. The maximum Gasteiger partial charge on any atom is 0.410 e. The summed E-state index contributed by atoms with van der Waals surface area (Å²) in [5, 5.41) is 0. The van der Waals surface area contributed by atoms with Crippen LogP contribution in [0.4, 0.5) is 16.3 Å². The van der Waals surface area contributed by atoms with Gasteiger partial charge in [0.1, 0.15) is 11.4 Å². The van der Waals surface area contributed by atoms with Crippen LogP contribution in [0.5, 0.6) is 0 Å². The number of nitrogen functional groups attached to an aromatic ring is 1. The van der Waals surface area contributed by atoms with E-state index in [1.165, 1.54) is 0 Å². The van der Waals surface area contributed by atoms with Crippen LogP contribution in [0.25, 0.3) is 0 Å². The minimum absolute atomic E-state index is 0.211. The molecule has 1 amide bonds. The number of carbonyl (C=O) groups excluding carboxylic acids is 1. The highest BCUT2D eigenvalue weighted by Gasteiger charge is 2.54. The average molecular weight is 320 g/mol. The number of hydrogen-bond donors (Lipinski definition) is 1. The van der Waals surface area contributed by atoms with Crippen LogP contribution in [0, 0.1) is 5.41 Å². The van der Waals surface area contributed by atoms with Gasteiger partial charge in [0.25, 0.3) is 0 Å². The van der Waals surface area contributed by atoms with Crippen molar-refractivity contribution in [2.24, 2.45) is 5.41 Å². The molecule has 0 radical (unpaired) electrons. The molecule has 0 atom stereocenters. The first kappa shape index (κ1) is 17.4. The maximum absolute atomic E-state index is 11.9. The van der Waals surface area contributed by atoms with E-state index in [0.29, 0.717) is 5.69 Å². The van der Waals surface area contributed by atoms with E-state index in [1.807, 2.05) is 46.8 Å². The van der Waals surface area contributed by atoms with E-state index in [2.05, 4.69) is 9.88 Å². The highest BCUT2D eigenvalue weighted by Crippen LogP contribution is 2.41. The number of carbonyl (C=O) groups is 1. The summed E-state index contributed by atoms with van der Waals surface area (Å²) in [4.78, 5) is 20.2. The molecule has 1 aromatic rings. The zero-order valence-corrected chi connectivity index (χ0v) is 14.8. The number of ether oxygens (including phenoxy) is 1. The van der Waals surface area contributed by atoms with Crippen molar-refractivity contribution in [2.75, 3.05) is 36.8 Å². The van der Waals surface area contributed by atoms with Gasteiger partial charge in [-0.15, -0.1) is 0 Å². The number of nitrogens with zero attached hydrogens (tertiary/aromatic N) is 3. The first-order chi connectivity index (χ1) is 10.8. The molecule has 128 valence electrons. The summed E-state index contributed by atoms with van der Waals surface area (Å²) in [5.41, 5.74) is 6.11. The lowest BCUT2D eigenvalue weighted by atomic mass is 9.73. The SMILES string of the molecule is CC.CC(C)(C)OC(=O)N1CC2(C1)CN(c1ccc(N)cn1)C2. The minimum atomic E-state index is -0.431. The molecule has 3 rings (SSSR count). The molecule has 6 heteroatoms. The normalized spacial score (nSPS) is 18.5. The van der Waals surface area contributed by atoms with Crippen molar-refractivity contribution < 1.29 is 9.53 Å². The molecule has 0 unspecified atom stereocenters. The summed E-state index contributed by atoms with van der Waals surface area (Å²) in [6, 6.07) is 3.80. The van der Waals surface area contributed by atoms with Gasteiger partial charge in [-0.25, -0.2) is 9.78 Å². The zero-order valence-electron chi connectivity index (χ0n) is 14.8. The lowest BCUT2D eigenvalue weighted by molar-refractivity contribution is -0.0454. The van der Waals surface area contributed by atoms with E-state index in [9.17, 15) is 4.79 Å². The van der Waals surface area contributed by atoms with E-state index in [-0.39, 0.29) is 11.5 Å². The Labute approximate surface area is 138 Å². The third-order valence-corrected chi connectivity index (χ3v) is 3.85. The van der Waals surface area contributed by atoms with E-state index in [4.69, 9.17) is 10.5 Å². The van der Waals surface area contributed by atoms with Crippen molar-refractivity contribution in [3.05, 3.63) is 18.3 Å². The van der Waals surface area contributed by atoms with E-state index < -0.39 is 5.60 Å². The van der Waals surface area contributed by atoms with Crippen LogP contribution in [0.2, 0.25) is 0 Å². The van der Waals surface area contributed by atoms with Gasteiger partial charge in [0.2, 0.25) is 0 Å². The van der Waals surface area contributed by atoms with Gasteiger partial charge in [-0.1, -0.05) is 13.8 Å². The number of amides is 1. The Kier molecular flexibility index (Phi) is 4.73. The Balaban J connectivity index is 0.000000924. The highest BCUT2D eigenvalue weighted by atomic mass is 16.6. The monoisotopic (exact) mass is 320 g/mol. The third-order valence-electron chi connectivity index (χ3n) is 3.85. The van der Waals surface area contributed by atoms with Crippen molar-refractivity contribution in [3.63, 3.8) is 0 Å². The fourth-order valence-corrected chi connectivity index (χ4v) is 2.93. The fraction of sp³-hybridized carbons (Fsp3) is 0.647. The van der Waals surface area contributed by atoms with Gasteiger partial charge >= 0.3 is 6.09 Å². The topological polar surface area (TPSA) is 71.7 Å². The molecular formula is C17H28N4O2. The molecule has 2 aliphatic rings. The molecule has 0 aromatic carbocycles. The van der Waals surface area contributed by atoms with Crippen LogP contribution in [-0.2, 0) is 4.74 Å². The van der Waals surface area contributed by atoms with Crippen molar-refractivity contribution in [3.8, 4) is 0 Å².